The van der Waals surface area contributed by atoms with E-state index < -0.39 is 0 Å². The second-order valence-corrected chi connectivity index (χ2v) is 9.25. The van der Waals surface area contributed by atoms with Crippen molar-refractivity contribution < 1.29 is 4.79 Å². The van der Waals surface area contributed by atoms with Crippen LogP contribution in [0.15, 0.2) is 84.6 Å². The van der Waals surface area contributed by atoms with Gasteiger partial charge in [-0.25, -0.2) is 0 Å². The van der Waals surface area contributed by atoms with Crippen LogP contribution in [0.25, 0.3) is 0 Å². The van der Waals surface area contributed by atoms with Gasteiger partial charge in [0.05, 0.1) is 10.7 Å². The van der Waals surface area contributed by atoms with E-state index in [4.69, 9.17) is 28.9 Å². The molecule has 0 aliphatic carbocycles. The monoisotopic (exact) mass is 510 g/mol. The number of para-hydroxylation sites is 1. The van der Waals surface area contributed by atoms with Crippen LogP contribution in [0.2, 0.25) is 10.0 Å². The Bertz CT molecular complexity index is 1150. The zero-order chi connectivity index (χ0) is 25.2. The summed E-state index contributed by atoms with van der Waals surface area (Å²) in [5.41, 5.74) is 10.6. The molecule has 5 nitrogen and oxygen atoms in total. The number of carbonyl (C=O) groups excluding carboxylic acids is 1. The van der Waals surface area contributed by atoms with E-state index in [-0.39, 0.29) is 17.9 Å². The Morgan fingerprint density at radius 2 is 1.74 bits per heavy atom. The molecule has 0 aromatic heterocycles. The average molecular weight is 511 g/mol. The molecule has 3 aromatic carbocycles. The minimum atomic E-state index is -0.275. The van der Waals surface area contributed by atoms with Crippen molar-refractivity contribution in [3.8, 4) is 0 Å². The number of amides is 1. The van der Waals surface area contributed by atoms with Gasteiger partial charge in [-0.05, 0) is 41.8 Å². The summed E-state index contributed by atoms with van der Waals surface area (Å²) < 4.78 is 0. The van der Waals surface area contributed by atoms with Gasteiger partial charge in [0, 0.05) is 47.5 Å². The summed E-state index contributed by atoms with van der Waals surface area (Å²) in [7, 11) is 0. The first-order valence-corrected chi connectivity index (χ1v) is 12.5. The third kappa shape index (κ3) is 7.76. The highest BCUT2D eigenvalue weighted by molar-refractivity contribution is 6.36. The molecule has 0 aliphatic rings. The number of benzene rings is 3. The lowest BCUT2D eigenvalue weighted by atomic mass is 9.90. The van der Waals surface area contributed by atoms with E-state index in [1.165, 1.54) is 5.56 Å². The summed E-state index contributed by atoms with van der Waals surface area (Å²) in [5, 5.41) is 10.9. The number of hydrogen-bond acceptors (Lipinski definition) is 4. The average Bonchev–Trinajstić information content (AvgIpc) is 2.85. The van der Waals surface area contributed by atoms with Crippen molar-refractivity contribution in [3.63, 3.8) is 0 Å². The smallest absolute Gasteiger partial charge is 0.250 e. The molecular formula is C28H32Cl2N4O. The molecular weight excluding hydrogens is 479 g/mol. The van der Waals surface area contributed by atoms with Gasteiger partial charge >= 0.3 is 0 Å². The van der Waals surface area contributed by atoms with Crippen LogP contribution in [0.1, 0.15) is 37.4 Å². The van der Waals surface area contributed by atoms with E-state index in [1.54, 1.807) is 24.3 Å². The van der Waals surface area contributed by atoms with Gasteiger partial charge in [-0.2, -0.15) is 0 Å². The number of nitrogens with two attached hydrogens (primary N) is 1. The Morgan fingerprint density at radius 1 is 1.03 bits per heavy atom. The zero-order valence-electron chi connectivity index (χ0n) is 20.0. The largest absolute Gasteiger partial charge is 0.398 e. The number of rotatable bonds is 11. The van der Waals surface area contributed by atoms with E-state index in [0.29, 0.717) is 28.0 Å². The summed E-state index contributed by atoms with van der Waals surface area (Å²) in [5.74, 6) is -0.357. The summed E-state index contributed by atoms with van der Waals surface area (Å²) in [6.45, 7) is 5.58. The summed E-state index contributed by atoms with van der Waals surface area (Å²) >= 11 is 12.2. The van der Waals surface area contributed by atoms with E-state index in [0.717, 1.165) is 24.2 Å². The van der Waals surface area contributed by atoms with Crippen molar-refractivity contribution >= 4 is 40.5 Å². The fourth-order valence-electron chi connectivity index (χ4n) is 3.87. The highest BCUT2D eigenvalue weighted by Gasteiger charge is 2.25. The Balaban J connectivity index is 1.89. The van der Waals surface area contributed by atoms with Crippen molar-refractivity contribution in [1.29, 1.82) is 0 Å². The third-order valence-corrected chi connectivity index (χ3v) is 6.29. The van der Waals surface area contributed by atoms with Gasteiger partial charge in [-0.15, -0.1) is 0 Å². The molecule has 3 rings (SSSR count). The van der Waals surface area contributed by atoms with Crippen LogP contribution < -0.4 is 21.7 Å². The third-order valence-electron chi connectivity index (χ3n) is 5.75. The molecule has 3 aromatic rings. The zero-order valence-corrected chi connectivity index (χ0v) is 21.5. The van der Waals surface area contributed by atoms with Crippen LogP contribution in [0.3, 0.4) is 0 Å². The Morgan fingerprint density at radius 3 is 2.43 bits per heavy atom. The molecule has 7 heteroatoms. The van der Waals surface area contributed by atoms with Gasteiger partial charge in [0.25, 0.3) is 0 Å². The Kier molecular flexibility index (Phi) is 10.0. The highest BCUT2D eigenvalue weighted by Crippen LogP contribution is 2.31. The van der Waals surface area contributed by atoms with Crippen LogP contribution in [-0.2, 0) is 11.3 Å². The fourth-order valence-corrected chi connectivity index (χ4v) is 4.32. The molecule has 0 saturated carbocycles. The van der Waals surface area contributed by atoms with E-state index in [2.05, 4.69) is 41.9 Å². The molecule has 2 unspecified atom stereocenters. The lowest BCUT2D eigenvalue weighted by Crippen LogP contribution is -2.33. The normalized spacial score (nSPS) is 13.2. The summed E-state index contributed by atoms with van der Waals surface area (Å²) in [6, 6.07) is 22.9. The molecule has 2 atom stereocenters. The Hall–Kier alpha value is -2.99. The van der Waals surface area contributed by atoms with Crippen molar-refractivity contribution in [2.75, 3.05) is 17.6 Å². The molecule has 35 heavy (non-hydrogen) atoms. The van der Waals surface area contributed by atoms with Gasteiger partial charge in [-0.1, -0.05) is 85.6 Å². The van der Waals surface area contributed by atoms with Gasteiger partial charge in [0.15, 0.2) is 0 Å². The number of carbonyl (C=O) groups is 1. The van der Waals surface area contributed by atoms with E-state index >= 15 is 0 Å². The molecule has 1 amide bonds. The number of nitrogen functional groups attached to an aromatic ring is 1. The molecule has 0 fully saturated rings. The SMILES string of the molecule is CCCN/C(=C/C(=O)Nc1ccc(Cl)cc1Cl)C(C)C(NCc1ccccc1)c1ccccc1N. The van der Waals surface area contributed by atoms with Gasteiger partial charge in [-0.3, -0.25) is 4.79 Å². The number of hydrogen-bond donors (Lipinski definition) is 4. The molecule has 0 aliphatic heterocycles. The quantitative estimate of drug-likeness (QED) is 0.174. The first-order chi connectivity index (χ1) is 16.9. The summed E-state index contributed by atoms with van der Waals surface area (Å²) in [4.78, 5) is 13.0. The minimum Gasteiger partial charge on any atom is -0.398 e. The maximum atomic E-state index is 13.0. The lowest BCUT2D eigenvalue weighted by Gasteiger charge is -2.29. The van der Waals surface area contributed by atoms with Crippen LogP contribution in [0.4, 0.5) is 11.4 Å². The van der Waals surface area contributed by atoms with Crippen LogP contribution in [0, 0.1) is 5.92 Å². The van der Waals surface area contributed by atoms with Crippen LogP contribution >= 0.6 is 23.2 Å². The van der Waals surface area contributed by atoms with Crippen molar-refractivity contribution in [2.45, 2.75) is 32.9 Å². The molecule has 0 saturated heterocycles. The maximum Gasteiger partial charge on any atom is 0.250 e. The van der Waals surface area contributed by atoms with Crippen LogP contribution in [-0.4, -0.2) is 12.5 Å². The van der Waals surface area contributed by atoms with E-state index in [9.17, 15) is 4.79 Å². The first kappa shape index (κ1) is 26.6. The molecule has 184 valence electrons. The molecule has 0 spiro atoms. The second-order valence-electron chi connectivity index (χ2n) is 8.40. The fraction of sp³-hybridized carbons (Fsp3) is 0.250. The standard InChI is InChI=1S/C28H32Cl2N4O/c1-3-15-32-26(17-27(35)34-25-14-13-21(29)16-23(25)30)19(2)28(22-11-7-8-12-24(22)31)33-18-20-9-5-4-6-10-20/h4-14,16-17,19,28,32-33H,3,15,18,31H2,1-2H3,(H,34,35)/b26-17+. The maximum absolute atomic E-state index is 13.0. The summed E-state index contributed by atoms with van der Waals surface area (Å²) in [6.07, 6.45) is 2.52. The van der Waals surface area contributed by atoms with Crippen molar-refractivity contribution in [3.05, 3.63) is 106 Å². The highest BCUT2D eigenvalue weighted by atomic mass is 35.5. The molecule has 5 N–H and O–H groups in total. The van der Waals surface area contributed by atoms with Crippen LogP contribution in [0.5, 0.6) is 0 Å². The number of halogens is 2. The predicted octanol–water partition coefficient (Wildman–Crippen LogP) is 6.56. The predicted molar refractivity (Wildman–Crippen MR) is 148 cm³/mol. The number of nitrogens with one attached hydrogen (secondary N) is 3. The minimum absolute atomic E-state index is 0.0820. The van der Waals surface area contributed by atoms with Gasteiger partial charge in [0.2, 0.25) is 5.91 Å². The lowest BCUT2D eigenvalue weighted by molar-refractivity contribution is -0.112. The molecule has 0 bridgehead atoms. The number of anilines is 2. The topological polar surface area (TPSA) is 79.2 Å². The van der Waals surface area contributed by atoms with Crippen molar-refractivity contribution in [2.24, 2.45) is 5.92 Å². The van der Waals surface area contributed by atoms with Crippen molar-refractivity contribution in [1.82, 2.24) is 10.6 Å². The van der Waals surface area contributed by atoms with Gasteiger partial charge < -0.3 is 21.7 Å². The molecule has 0 heterocycles. The van der Waals surface area contributed by atoms with Gasteiger partial charge in [0.1, 0.15) is 0 Å². The molecule has 0 radical (unpaired) electrons. The first-order valence-electron chi connectivity index (χ1n) is 11.7. The van der Waals surface area contributed by atoms with E-state index in [1.807, 2.05) is 42.5 Å². The Labute approximate surface area is 217 Å². The second kappa shape index (κ2) is 13.2.